The lowest BCUT2D eigenvalue weighted by atomic mass is 9.93. The Morgan fingerprint density at radius 2 is 1.37 bits per heavy atom. The first-order chi connectivity index (χ1) is 9.25. The lowest BCUT2D eigenvalue weighted by molar-refractivity contribution is -0.114. The van der Waals surface area contributed by atoms with Gasteiger partial charge in [0.25, 0.3) is 11.8 Å². The maximum absolute atomic E-state index is 12.0. The number of carbonyl (C=O) groups is 2. The summed E-state index contributed by atoms with van der Waals surface area (Å²) in [6.45, 7) is 0. The van der Waals surface area contributed by atoms with Crippen LogP contribution in [0.25, 0.3) is 11.6 Å². The van der Waals surface area contributed by atoms with E-state index < -0.39 is 0 Å². The molecule has 92 valence electrons. The predicted molar refractivity (Wildman–Crippen MR) is 73.2 cm³/mol. The highest BCUT2D eigenvalue weighted by atomic mass is 16.2. The third kappa shape index (κ3) is 2.06. The molecule has 0 saturated heterocycles. The van der Waals surface area contributed by atoms with Crippen LogP contribution in [-0.4, -0.2) is 11.8 Å². The van der Waals surface area contributed by atoms with Gasteiger partial charge in [-0.25, -0.2) is 0 Å². The molecule has 1 N–H and O–H groups in total. The molecule has 3 rings (SSSR count). The van der Waals surface area contributed by atoms with Crippen molar-refractivity contribution in [2.45, 2.75) is 0 Å². The van der Waals surface area contributed by atoms with E-state index in [4.69, 9.17) is 0 Å². The summed E-state index contributed by atoms with van der Waals surface area (Å²) in [4.78, 5) is 23.7. The molecule has 0 aromatic heterocycles. The fraction of sp³-hybridized carbons (Fsp3) is 0. The smallest absolute Gasteiger partial charge is 0.258 e. The first-order valence-electron chi connectivity index (χ1n) is 5.97. The Labute approximate surface area is 110 Å². The van der Waals surface area contributed by atoms with Crippen molar-refractivity contribution in [3.8, 4) is 0 Å². The summed E-state index contributed by atoms with van der Waals surface area (Å²) in [7, 11) is 0. The predicted octanol–water partition coefficient (Wildman–Crippen LogP) is 2.50. The van der Waals surface area contributed by atoms with Gasteiger partial charge in [-0.3, -0.25) is 14.9 Å². The molecule has 2 aromatic rings. The molecule has 1 aliphatic rings. The summed E-state index contributed by atoms with van der Waals surface area (Å²) in [6, 6.07) is 16.7. The average molecular weight is 249 g/mol. The van der Waals surface area contributed by atoms with Crippen LogP contribution >= 0.6 is 0 Å². The van der Waals surface area contributed by atoms with Crippen molar-refractivity contribution in [2.75, 3.05) is 0 Å². The van der Waals surface area contributed by atoms with Crippen LogP contribution in [0, 0.1) is 0 Å². The Morgan fingerprint density at radius 3 is 2.11 bits per heavy atom. The number of hydrogen-bond acceptors (Lipinski definition) is 2. The van der Waals surface area contributed by atoms with Crippen molar-refractivity contribution in [3.63, 3.8) is 0 Å². The highest BCUT2D eigenvalue weighted by Gasteiger charge is 2.26. The minimum atomic E-state index is -0.354. The van der Waals surface area contributed by atoms with Gasteiger partial charge < -0.3 is 0 Å². The van der Waals surface area contributed by atoms with Gasteiger partial charge in [0.15, 0.2) is 0 Å². The molecule has 0 radical (unpaired) electrons. The Hall–Kier alpha value is -2.68. The van der Waals surface area contributed by atoms with E-state index >= 15 is 0 Å². The zero-order valence-electron chi connectivity index (χ0n) is 10.1. The van der Waals surface area contributed by atoms with Crippen LogP contribution in [0.3, 0.4) is 0 Å². The highest BCUT2D eigenvalue weighted by Crippen LogP contribution is 2.25. The lowest BCUT2D eigenvalue weighted by Gasteiger charge is -2.17. The van der Waals surface area contributed by atoms with Crippen molar-refractivity contribution in [1.82, 2.24) is 5.32 Å². The number of fused-ring (bicyclic) bond motifs is 1. The zero-order valence-corrected chi connectivity index (χ0v) is 10.1. The van der Waals surface area contributed by atoms with Gasteiger partial charge in [0.1, 0.15) is 0 Å². The van der Waals surface area contributed by atoms with Crippen LogP contribution in [0.1, 0.15) is 21.5 Å². The SMILES string of the molecule is O=C1NC(=O)c2ccccc2C1=Cc1ccccc1. The molecule has 2 amide bonds. The number of amides is 2. The summed E-state index contributed by atoms with van der Waals surface area (Å²) in [5, 5.41) is 2.36. The molecule has 0 spiro atoms. The molecular weight excluding hydrogens is 238 g/mol. The summed E-state index contributed by atoms with van der Waals surface area (Å²) >= 11 is 0. The summed E-state index contributed by atoms with van der Waals surface area (Å²) < 4.78 is 0. The van der Waals surface area contributed by atoms with Crippen molar-refractivity contribution in [2.24, 2.45) is 0 Å². The number of benzene rings is 2. The molecule has 3 nitrogen and oxygen atoms in total. The zero-order chi connectivity index (χ0) is 13.2. The van der Waals surface area contributed by atoms with Crippen LogP contribution < -0.4 is 5.32 Å². The first kappa shape index (κ1) is 11.4. The maximum Gasteiger partial charge on any atom is 0.258 e. The molecule has 0 saturated carbocycles. The Morgan fingerprint density at radius 1 is 0.737 bits per heavy atom. The van der Waals surface area contributed by atoms with Crippen LogP contribution in [0.5, 0.6) is 0 Å². The fourth-order valence-electron chi connectivity index (χ4n) is 2.14. The topological polar surface area (TPSA) is 46.2 Å². The van der Waals surface area contributed by atoms with Crippen molar-refractivity contribution >= 4 is 23.5 Å². The van der Waals surface area contributed by atoms with Crippen LogP contribution in [-0.2, 0) is 4.79 Å². The second kappa shape index (κ2) is 4.53. The number of rotatable bonds is 1. The molecule has 19 heavy (non-hydrogen) atoms. The Balaban J connectivity index is 2.16. The molecule has 0 fully saturated rings. The molecule has 3 heteroatoms. The van der Waals surface area contributed by atoms with Gasteiger partial charge in [-0.2, -0.15) is 0 Å². The molecule has 1 heterocycles. The van der Waals surface area contributed by atoms with Gasteiger partial charge in [0.2, 0.25) is 0 Å². The molecule has 2 aromatic carbocycles. The summed E-state index contributed by atoms with van der Waals surface area (Å²) in [5.41, 5.74) is 2.66. The number of imide groups is 1. The number of nitrogens with one attached hydrogen (secondary N) is 1. The quantitative estimate of drug-likeness (QED) is 0.623. The standard InChI is InChI=1S/C16H11NO2/c18-15-13-9-5-4-8-12(13)14(16(19)17-15)10-11-6-2-1-3-7-11/h1-10H,(H,17,18,19). The molecule has 1 aliphatic heterocycles. The van der Waals surface area contributed by atoms with Gasteiger partial charge in [0.05, 0.1) is 0 Å². The summed E-state index contributed by atoms with van der Waals surface area (Å²) in [6.07, 6.45) is 1.79. The van der Waals surface area contributed by atoms with E-state index in [1.54, 1.807) is 24.3 Å². The van der Waals surface area contributed by atoms with Crippen LogP contribution in [0.4, 0.5) is 0 Å². The molecular formula is C16H11NO2. The Bertz CT molecular complexity index is 687. The van der Waals surface area contributed by atoms with Crippen molar-refractivity contribution in [3.05, 3.63) is 71.3 Å². The molecule has 0 aliphatic carbocycles. The van der Waals surface area contributed by atoms with Gasteiger partial charge in [-0.05, 0) is 23.3 Å². The van der Waals surface area contributed by atoms with Gasteiger partial charge in [-0.1, -0.05) is 48.5 Å². The minimum Gasteiger partial charge on any atom is -0.288 e. The van der Waals surface area contributed by atoms with E-state index in [2.05, 4.69) is 5.32 Å². The lowest BCUT2D eigenvalue weighted by Crippen LogP contribution is -2.36. The third-order valence-corrected chi connectivity index (χ3v) is 3.04. The monoisotopic (exact) mass is 249 g/mol. The van der Waals surface area contributed by atoms with Crippen LogP contribution in [0.2, 0.25) is 0 Å². The molecule has 0 bridgehead atoms. The third-order valence-electron chi connectivity index (χ3n) is 3.04. The largest absolute Gasteiger partial charge is 0.288 e. The van der Waals surface area contributed by atoms with E-state index in [9.17, 15) is 9.59 Å². The second-order valence-electron chi connectivity index (χ2n) is 4.30. The van der Waals surface area contributed by atoms with Crippen molar-refractivity contribution in [1.29, 1.82) is 0 Å². The minimum absolute atomic E-state index is 0.342. The maximum atomic E-state index is 12.0. The average Bonchev–Trinajstić information content (AvgIpc) is 2.45. The highest BCUT2D eigenvalue weighted by molar-refractivity contribution is 6.33. The van der Waals surface area contributed by atoms with E-state index in [0.717, 1.165) is 5.56 Å². The van der Waals surface area contributed by atoms with Gasteiger partial charge in [-0.15, -0.1) is 0 Å². The number of carbonyl (C=O) groups excluding carboxylic acids is 2. The molecule has 0 atom stereocenters. The van der Waals surface area contributed by atoms with Crippen LogP contribution in [0.15, 0.2) is 54.6 Å². The van der Waals surface area contributed by atoms with Gasteiger partial charge in [0, 0.05) is 11.1 Å². The van der Waals surface area contributed by atoms with E-state index in [-0.39, 0.29) is 11.8 Å². The fourth-order valence-corrected chi connectivity index (χ4v) is 2.14. The summed E-state index contributed by atoms with van der Waals surface area (Å²) in [5.74, 6) is -0.696. The van der Waals surface area contributed by atoms with E-state index in [1.165, 1.54) is 0 Å². The van der Waals surface area contributed by atoms with E-state index in [1.807, 2.05) is 36.4 Å². The first-order valence-corrected chi connectivity index (χ1v) is 5.97. The normalized spacial score (nSPS) is 16.1. The number of hydrogen-bond donors (Lipinski definition) is 1. The van der Waals surface area contributed by atoms with Crippen molar-refractivity contribution < 1.29 is 9.59 Å². The molecule has 0 unspecified atom stereocenters. The Kier molecular flexibility index (Phi) is 2.72. The van der Waals surface area contributed by atoms with Gasteiger partial charge >= 0.3 is 0 Å². The second-order valence-corrected chi connectivity index (χ2v) is 4.30. The van der Waals surface area contributed by atoms with E-state index in [0.29, 0.717) is 16.7 Å².